The molecule has 1 aliphatic heterocycles. The van der Waals surface area contributed by atoms with Crippen molar-refractivity contribution in [3.8, 4) is 0 Å². The molecule has 1 heterocycles. The van der Waals surface area contributed by atoms with E-state index >= 15 is 0 Å². The van der Waals surface area contributed by atoms with Crippen molar-refractivity contribution < 1.29 is 0 Å². The topological polar surface area (TPSA) is 9.72 Å². The SMILES string of the molecule is CN1CCC[N]([Si](C)(C)C)[GeH][N]([Si](C)(C)C)CCC1. The Morgan fingerprint density at radius 2 is 1.05 bits per heavy atom. The van der Waals surface area contributed by atoms with Crippen LogP contribution in [0.15, 0.2) is 0 Å². The molecule has 0 aromatic carbocycles. The number of nitrogens with zero attached hydrogens (tertiary/aromatic N) is 3. The van der Waals surface area contributed by atoms with E-state index in [9.17, 15) is 0 Å². The van der Waals surface area contributed by atoms with Crippen molar-refractivity contribution in [1.82, 2.24) is 11.9 Å². The zero-order valence-corrected chi connectivity index (χ0v) is 18.6. The molecule has 0 atom stereocenters. The summed E-state index contributed by atoms with van der Waals surface area (Å²) in [4.78, 5) is 2.53. The number of rotatable bonds is 2. The molecule has 1 rings (SSSR count). The Morgan fingerprint density at radius 1 is 0.684 bits per heavy atom. The van der Waals surface area contributed by atoms with Crippen molar-refractivity contribution in [1.29, 1.82) is 0 Å². The van der Waals surface area contributed by atoms with Gasteiger partial charge in [0.05, 0.1) is 0 Å². The summed E-state index contributed by atoms with van der Waals surface area (Å²) in [5.41, 5.74) is 0. The van der Waals surface area contributed by atoms with Crippen molar-refractivity contribution in [3.63, 3.8) is 0 Å². The summed E-state index contributed by atoms with van der Waals surface area (Å²) >= 11 is -0.390. The van der Waals surface area contributed by atoms with Crippen LogP contribution >= 0.6 is 0 Å². The van der Waals surface area contributed by atoms with E-state index in [0.717, 1.165) is 0 Å². The molecule has 3 nitrogen and oxygen atoms in total. The van der Waals surface area contributed by atoms with Crippen LogP contribution < -0.4 is 0 Å². The van der Waals surface area contributed by atoms with Gasteiger partial charge in [-0.3, -0.25) is 0 Å². The number of hydrogen-bond acceptors (Lipinski definition) is 3. The van der Waals surface area contributed by atoms with Crippen LogP contribution in [0.3, 0.4) is 0 Å². The third-order valence-corrected chi connectivity index (χ3v) is 21.0. The predicted molar refractivity (Wildman–Crippen MR) is 94.0 cm³/mol. The maximum absolute atomic E-state index is 2.97. The zero-order chi connectivity index (χ0) is 14.7. The van der Waals surface area contributed by atoms with Crippen LogP contribution in [0.1, 0.15) is 12.8 Å². The molecule has 113 valence electrons. The predicted octanol–water partition coefficient (Wildman–Crippen LogP) is 2.25. The third kappa shape index (κ3) is 6.43. The molecule has 1 radical (unpaired) electrons. The van der Waals surface area contributed by atoms with E-state index < -0.39 is 32.3 Å². The van der Waals surface area contributed by atoms with Crippen LogP contribution in [0.25, 0.3) is 0 Å². The average Bonchev–Trinajstić information content (AvgIpc) is 2.23. The second kappa shape index (κ2) is 7.22. The van der Waals surface area contributed by atoms with Gasteiger partial charge in [-0.2, -0.15) is 0 Å². The summed E-state index contributed by atoms with van der Waals surface area (Å²) in [7, 11) is 0.0347. The first-order chi connectivity index (χ1) is 8.60. The van der Waals surface area contributed by atoms with E-state index in [2.05, 4.69) is 58.3 Å². The summed E-state index contributed by atoms with van der Waals surface area (Å²) < 4.78 is 5.93. The minimum atomic E-state index is -1.13. The van der Waals surface area contributed by atoms with E-state index in [1.807, 2.05) is 0 Å². The summed E-state index contributed by atoms with van der Waals surface area (Å²) in [6.45, 7) is 20.4. The van der Waals surface area contributed by atoms with Gasteiger partial charge < -0.3 is 0 Å². The van der Waals surface area contributed by atoms with Gasteiger partial charge in [-0.1, -0.05) is 0 Å². The molecule has 0 aromatic heterocycles. The van der Waals surface area contributed by atoms with E-state index in [4.69, 9.17) is 0 Å². The molecule has 19 heavy (non-hydrogen) atoms. The summed E-state index contributed by atoms with van der Waals surface area (Å²) in [6.07, 6.45) is 2.72. The average molecular weight is 361 g/mol. The molecule has 0 saturated carbocycles. The van der Waals surface area contributed by atoms with Crippen molar-refractivity contribution in [2.24, 2.45) is 0 Å². The first kappa shape index (κ1) is 17.9. The molecule has 0 aliphatic carbocycles. The van der Waals surface area contributed by atoms with Crippen LogP contribution in [0.5, 0.6) is 0 Å². The molecule has 1 aliphatic rings. The Kier molecular flexibility index (Phi) is 6.81. The van der Waals surface area contributed by atoms with E-state index in [1.54, 1.807) is 0 Å². The van der Waals surface area contributed by atoms with Gasteiger partial charge in [0.25, 0.3) is 0 Å². The van der Waals surface area contributed by atoms with Gasteiger partial charge in [-0.15, -0.1) is 0 Å². The molecule has 1 fully saturated rings. The zero-order valence-electron chi connectivity index (χ0n) is 14.2. The Bertz CT molecular complexity index is 250. The second-order valence-corrected chi connectivity index (χ2v) is 23.0. The fourth-order valence-corrected chi connectivity index (χ4v) is 13.2. The minimum absolute atomic E-state index is 0.390. The van der Waals surface area contributed by atoms with Crippen LogP contribution in [0, 0.1) is 0 Å². The van der Waals surface area contributed by atoms with Crippen molar-refractivity contribution in [2.45, 2.75) is 52.1 Å². The monoisotopic (exact) mass is 362 g/mol. The molecule has 0 amide bonds. The van der Waals surface area contributed by atoms with E-state index in [0.29, 0.717) is 0 Å². The Morgan fingerprint density at radius 3 is 1.37 bits per heavy atom. The molecular weight excluding hydrogens is 327 g/mol. The van der Waals surface area contributed by atoms with Crippen LogP contribution in [-0.4, -0.2) is 77.5 Å². The molecular formula is C13H34GeN3Si2. The van der Waals surface area contributed by atoms with Gasteiger partial charge in [0.2, 0.25) is 0 Å². The number of hydrogen-bond donors (Lipinski definition) is 0. The third-order valence-electron chi connectivity index (χ3n) is 3.88. The van der Waals surface area contributed by atoms with Crippen molar-refractivity contribution in [2.75, 3.05) is 33.2 Å². The van der Waals surface area contributed by atoms with Crippen molar-refractivity contribution in [3.05, 3.63) is 0 Å². The summed E-state index contributed by atoms with van der Waals surface area (Å²) in [6, 6.07) is 0. The fraction of sp³-hybridized carbons (Fsp3) is 1.00. The summed E-state index contributed by atoms with van der Waals surface area (Å²) in [5.74, 6) is 0. The first-order valence-corrected chi connectivity index (χ1v) is 16.7. The van der Waals surface area contributed by atoms with Crippen LogP contribution in [-0.2, 0) is 0 Å². The molecule has 0 spiro atoms. The molecule has 6 heteroatoms. The van der Waals surface area contributed by atoms with Crippen molar-refractivity contribution >= 4 is 32.3 Å². The molecule has 0 unspecified atom stereocenters. The second-order valence-electron chi connectivity index (χ2n) is 7.85. The van der Waals surface area contributed by atoms with Gasteiger partial charge in [0.15, 0.2) is 0 Å². The first-order valence-electron chi connectivity index (χ1n) is 7.68. The normalized spacial score (nSPS) is 23.5. The maximum atomic E-state index is 2.97. The van der Waals surface area contributed by atoms with Crippen LogP contribution in [0.4, 0.5) is 0 Å². The fourth-order valence-electron chi connectivity index (χ4n) is 2.43. The van der Waals surface area contributed by atoms with E-state index in [-0.39, 0.29) is 0 Å². The molecule has 0 N–H and O–H groups in total. The van der Waals surface area contributed by atoms with Gasteiger partial charge in [-0.05, 0) is 0 Å². The Hall–Kier alpha value is 0.857. The quantitative estimate of drug-likeness (QED) is 0.699. The van der Waals surface area contributed by atoms with Gasteiger partial charge >= 0.3 is 130 Å². The van der Waals surface area contributed by atoms with Gasteiger partial charge in [-0.25, -0.2) is 0 Å². The standard InChI is InChI=1S/C13H34GeN3Si2/c1-15-10-8-12-16(18(2,3)4)14-17(13-9-11-15)19(5,6)7/h14H,8-13H2,1-7H3. The van der Waals surface area contributed by atoms with Gasteiger partial charge in [0, 0.05) is 0 Å². The Labute approximate surface area is 129 Å². The Balaban J connectivity index is 2.80. The summed E-state index contributed by atoms with van der Waals surface area (Å²) in [5, 5.41) is 0. The van der Waals surface area contributed by atoms with Gasteiger partial charge in [0.1, 0.15) is 0 Å². The molecule has 1 saturated heterocycles. The molecule has 0 aromatic rings. The van der Waals surface area contributed by atoms with Crippen LogP contribution in [0.2, 0.25) is 39.3 Å². The van der Waals surface area contributed by atoms with E-state index in [1.165, 1.54) is 39.0 Å². The molecule has 0 bridgehead atoms.